The standard InChI is InChI=1S/C24H37FN6O2/c1-4-22(33-24(3)7-8-24)19(25)15-18-16-21(29-28-18)20(27-5-2)17-23(26)31-12-10-30(11-13-31)9-6-14-32/h4-5,15,17,21,28-29,32H,1-2,6-14,16,26H2,3H3/b18-15+,22-19-,23-17+,27-20+/t21-/m1/s1. The Labute approximate surface area is 196 Å². The Morgan fingerprint density at radius 3 is 2.67 bits per heavy atom. The fraction of sp³-hybridized carbons (Fsp3) is 0.542. The van der Waals surface area contributed by atoms with Crippen molar-refractivity contribution in [3.05, 3.63) is 60.7 Å². The molecule has 1 saturated carbocycles. The van der Waals surface area contributed by atoms with Crippen LogP contribution in [0.3, 0.4) is 0 Å². The third kappa shape index (κ3) is 7.18. The van der Waals surface area contributed by atoms with Gasteiger partial charge < -0.3 is 25.9 Å². The second-order valence-electron chi connectivity index (χ2n) is 8.88. The van der Waals surface area contributed by atoms with E-state index in [1.165, 1.54) is 18.4 Å². The predicted molar refractivity (Wildman–Crippen MR) is 129 cm³/mol. The Balaban J connectivity index is 1.62. The van der Waals surface area contributed by atoms with Crippen LogP contribution in [-0.4, -0.2) is 71.6 Å². The van der Waals surface area contributed by atoms with Gasteiger partial charge in [0.1, 0.15) is 11.4 Å². The first kappa shape index (κ1) is 25.0. The van der Waals surface area contributed by atoms with E-state index in [1.54, 1.807) is 0 Å². The molecule has 0 aromatic heterocycles. The SMILES string of the molecule is C=C/N=C(\C=C(/N)N1CCN(CCCO)CC1)[C@H]1C/C(=C\C(F)=C(/C=C)OC2(C)CC2)NN1. The summed E-state index contributed by atoms with van der Waals surface area (Å²) < 4.78 is 20.5. The maximum atomic E-state index is 14.8. The Hall–Kier alpha value is -2.62. The number of hydrogen-bond acceptors (Lipinski definition) is 8. The average molecular weight is 461 g/mol. The minimum atomic E-state index is -0.459. The third-order valence-corrected chi connectivity index (χ3v) is 6.13. The van der Waals surface area contributed by atoms with Gasteiger partial charge in [0.2, 0.25) is 0 Å². The van der Waals surface area contributed by atoms with E-state index in [2.05, 4.69) is 38.8 Å². The number of ether oxygens (including phenoxy) is 1. The number of allylic oxidation sites excluding steroid dienone is 3. The molecular formula is C24H37FN6O2. The van der Waals surface area contributed by atoms with E-state index in [-0.39, 0.29) is 24.0 Å². The maximum absolute atomic E-state index is 14.8. The highest BCUT2D eigenvalue weighted by Gasteiger charge is 2.40. The minimum Gasteiger partial charge on any atom is -0.485 e. The molecule has 2 aliphatic heterocycles. The highest BCUT2D eigenvalue weighted by molar-refractivity contribution is 6.00. The van der Waals surface area contributed by atoms with Crippen LogP contribution in [0.4, 0.5) is 4.39 Å². The summed E-state index contributed by atoms with van der Waals surface area (Å²) in [5.41, 5.74) is 13.7. The summed E-state index contributed by atoms with van der Waals surface area (Å²) in [4.78, 5) is 8.85. The number of nitrogens with one attached hydrogen (secondary N) is 2. The van der Waals surface area contributed by atoms with Gasteiger partial charge in [-0.2, -0.15) is 0 Å². The molecule has 0 aromatic carbocycles. The van der Waals surface area contributed by atoms with Crippen LogP contribution < -0.4 is 16.6 Å². The van der Waals surface area contributed by atoms with Crippen molar-refractivity contribution < 1.29 is 14.2 Å². The molecule has 1 atom stereocenters. The van der Waals surface area contributed by atoms with E-state index in [4.69, 9.17) is 15.6 Å². The average Bonchev–Trinajstić information content (AvgIpc) is 3.36. The number of hydrazine groups is 1. The van der Waals surface area contributed by atoms with Crippen molar-refractivity contribution in [2.45, 2.75) is 44.2 Å². The molecule has 5 N–H and O–H groups in total. The van der Waals surface area contributed by atoms with Crippen LogP contribution in [0.25, 0.3) is 0 Å². The fourth-order valence-electron chi connectivity index (χ4n) is 3.83. The number of hydrogen-bond donors (Lipinski definition) is 4. The van der Waals surface area contributed by atoms with E-state index in [0.29, 0.717) is 17.9 Å². The van der Waals surface area contributed by atoms with Gasteiger partial charge in [0, 0.05) is 63.7 Å². The summed E-state index contributed by atoms with van der Waals surface area (Å²) in [6.07, 6.45) is 9.31. The first-order chi connectivity index (χ1) is 15.9. The lowest BCUT2D eigenvalue weighted by Crippen LogP contribution is -2.47. The lowest BCUT2D eigenvalue weighted by molar-refractivity contribution is 0.114. The smallest absolute Gasteiger partial charge is 0.166 e. The molecular weight excluding hydrogens is 423 g/mol. The first-order valence-corrected chi connectivity index (χ1v) is 11.5. The summed E-state index contributed by atoms with van der Waals surface area (Å²) in [6.45, 7) is 13.9. The van der Waals surface area contributed by atoms with Crippen LogP contribution >= 0.6 is 0 Å². The van der Waals surface area contributed by atoms with Gasteiger partial charge in [0.15, 0.2) is 11.6 Å². The van der Waals surface area contributed by atoms with Gasteiger partial charge in [-0.05, 0) is 38.3 Å². The van der Waals surface area contributed by atoms with Crippen molar-refractivity contribution in [2.24, 2.45) is 10.7 Å². The first-order valence-electron chi connectivity index (χ1n) is 11.5. The van der Waals surface area contributed by atoms with Gasteiger partial charge >= 0.3 is 0 Å². The number of nitrogens with two attached hydrogens (primary N) is 1. The molecule has 9 heteroatoms. The van der Waals surface area contributed by atoms with E-state index in [0.717, 1.165) is 57.7 Å². The molecule has 3 rings (SSSR count). The number of nitrogens with zero attached hydrogens (tertiary/aromatic N) is 3. The van der Waals surface area contributed by atoms with Crippen molar-refractivity contribution in [3.8, 4) is 0 Å². The maximum Gasteiger partial charge on any atom is 0.166 e. The number of aliphatic hydroxyl groups excluding tert-OH is 1. The van der Waals surface area contributed by atoms with Gasteiger partial charge in [-0.25, -0.2) is 9.82 Å². The van der Waals surface area contributed by atoms with Gasteiger partial charge in [0.05, 0.1) is 11.8 Å². The van der Waals surface area contributed by atoms with Crippen molar-refractivity contribution >= 4 is 5.71 Å². The molecule has 33 heavy (non-hydrogen) atoms. The molecule has 3 fully saturated rings. The van der Waals surface area contributed by atoms with E-state index in [9.17, 15) is 4.39 Å². The molecule has 0 amide bonds. The van der Waals surface area contributed by atoms with Gasteiger partial charge in [-0.1, -0.05) is 13.2 Å². The second-order valence-corrected chi connectivity index (χ2v) is 8.88. The molecule has 182 valence electrons. The van der Waals surface area contributed by atoms with Crippen molar-refractivity contribution in [1.82, 2.24) is 20.7 Å². The number of halogens is 1. The molecule has 0 unspecified atom stereocenters. The van der Waals surface area contributed by atoms with Gasteiger partial charge in [-0.15, -0.1) is 0 Å². The van der Waals surface area contributed by atoms with E-state index < -0.39 is 5.83 Å². The summed E-state index contributed by atoms with van der Waals surface area (Å²) in [6, 6.07) is -0.180. The molecule has 0 radical (unpaired) electrons. The van der Waals surface area contributed by atoms with E-state index >= 15 is 0 Å². The Bertz CT molecular complexity index is 838. The zero-order valence-corrected chi connectivity index (χ0v) is 19.5. The molecule has 8 nitrogen and oxygen atoms in total. The normalized spacial score (nSPS) is 25.5. The lowest BCUT2D eigenvalue weighted by Gasteiger charge is -2.36. The third-order valence-electron chi connectivity index (χ3n) is 6.13. The topological polar surface area (TPSA) is 98.4 Å². The number of piperazine rings is 1. The highest BCUT2D eigenvalue weighted by atomic mass is 19.1. The van der Waals surface area contributed by atoms with Gasteiger partial charge in [-0.3, -0.25) is 9.89 Å². The summed E-state index contributed by atoms with van der Waals surface area (Å²) in [5, 5.41) is 9.01. The number of aliphatic hydroxyl groups is 1. The number of rotatable bonds is 11. The van der Waals surface area contributed by atoms with E-state index in [1.807, 2.05) is 13.0 Å². The molecule has 0 aromatic rings. The van der Waals surface area contributed by atoms with Crippen LogP contribution in [-0.2, 0) is 4.74 Å². The highest BCUT2D eigenvalue weighted by Crippen LogP contribution is 2.41. The number of aliphatic imine (C=N–C) groups is 1. The zero-order chi connectivity index (χ0) is 23.8. The zero-order valence-electron chi connectivity index (χ0n) is 19.5. The van der Waals surface area contributed by atoms with Crippen LogP contribution in [0.15, 0.2) is 65.7 Å². The van der Waals surface area contributed by atoms with Crippen LogP contribution in [0.2, 0.25) is 0 Å². The predicted octanol–water partition coefficient (Wildman–Crippen LogP) is 2.06. The quantitative estimate of drug-likeness (QED) is 0.213. The Morgan fingerprint density at radius 2 is 2.06 bits per heavy atom. The summed E-state index contributed by atoms with van der Waals surface area (Å²) in [5.74, 6) is 0.345. The summed E-state index contributed by atoms with van der Waals surface area (Å²) >= 11 is 0. The van der Waals surface area contributed by atoms with Crippen LogP contribution in [0.5, 0.6) is 0 Å². The molecule has 3 aliphatic rings. The second kappa shape index (κ2) is 11.5. The minimum absolute atomic E-state index is 0.162. The van der Waals surface area contributed by atoms with Gasteiger partial charge in [0.25, 0.3) is 0 Å². The Morgan fingerprint density at radius 1 is 1.33 bits per heavy atom. The molecule has 0 bridgehead atoms. The molecule has 2 saturated heterocycles. The van der Waals surface area contributed by atoms with Crippen molar-refractivity contribution in [3.63, 3.8) is 0 Å². The Kier molecular flexibility index (Phi) is 8.71. The summed E-state index contributed by atoms with van der Waals surface area (Å²) in [7, 11) is 0. The van der Waals surface area contributed by atoms with Crippen molar-refractivity contribution in [1.29, 1.82) is 0 Å². The van der Waals surface area contributed by atoms with Crippen LogP contribution in [0.1, 0.15) is 32.6 Å². The largest absolute Gasteiger partial charge is 0.485 e. The molecule has 2 heterocycles. The van der Waals surface area contributed by atoms with Crippen molar-refractivity contribution in [2.75, 3.05) is 39.3 Å². The monoisotopic (exact) mass is 460 g/mol. The lowest BCUT2D eigenvalue weighted by atomic mass is 10.1. The fourth-order valence-corrected chi connectivity index (χ4v) is 3.83. The van der Waals surface area contributed by atoms with Crippen LogP contribution in [0, 0.1) is 0 Å². The molecule has 1 aliphatic carbocycles. The molecule has 0 spiro atoms.